The molecule has 1 amide bonds. The Balaban J connectivity index is 1.63. The molecule has 1 saturated heterocycles. The lowest BCUT2D eigenvalue weighted by molar-refractivity contribution is 0.0920. The quantitative estimate of drug-likeness (QED) is 0.903. The Morgan fingerprint density at radius 3 is 2.83 bits per heavy atom. The van der Waals surface area contributed by atoms with Crippen molar-refractivity contribution in [2.75, 3.05) is 18.4 Å². The zero-order chi connectivity index (χ0) is 16.8. The summed E-state index contributed by atoms with van der Waals surface area (Å²) in [5.74, 6) is 0.859. The molecule has 1 aromatic carbocycles. The van der Waals surface area contributed by atoms with Gasteiger partial charge in [-0.3, -0.25) is 0 Å². The van der Waals surface area contributed by atoms with Crippen LogP contribution < -0.4 is 5.32 Å². The molecule has 1 atom stereocenters. The minimum Gasteiger partial charge on any atom is -0.445 e. The Bertz CT molecular complexity index is 658. The van der Waals surface area contributed by atoms with Crippen LogP contribution in [0.5, 0.6) is 0 Å². The molecule has 0 radical (unpaired) electrons. The van der Waals surface area contributed by atoms with Crippen LogP contribution in [0.3, 0.4) is 0 Å². The first-order chi connectivity index (χ1) is 11.8. The van der Waals surface area contributed by atoms with E-state index in [1.54, 1.807) is 0 Å². The van der Waals surface area contributed by atoms with Crippen LogP contribution >= 0.6 is 0 Å². The summed E-state index contributed by atoms with van der Waals surface area (Å²) < 4.78 is 5.48. The molecule has 0 bridgehead atoms. The number of benzene rings is 1. The van der Waals surface area contributed by atoms with Crippen molar-refractivity contribution in [1.82, 2.24) is 9.88 Å². The molecule has 24 heavy (non-hydrogen) atoms. The van der Waals surface area contributed by atoms with Crippen molar-refractivity contribution in [2.45, 2.75) is 32.4 Å². The van der Waals surface area contributed by atoms with E-state index in [0.717, 1.165) is 42.9 Å². The Kier molecular flexibility index (Phi) is 5.31. The summed E-state index contributed by atoms with van der Waals surface area (Å²) in [5.41, 5.74) is 2.06. The predicted molar refractivity (Wildman–Crippen MR) is 93.7 cm³/mol. The van der Waals surface area contributed by atoms with E-state index in [1.807, 2.05) is 60.5 Å². The maximum absolute atomic E-state index is 12.4. The first-order valence-electron chi connectivity index (χ1n) is 8.45. The second-order valence-corrected chi connectivity index (χ2v) is 5.90. The van der Waals surface area contributed by atoms with Crippen molar-refractivity contribution in [3.8, 4) is 0 Å². The number of likely N-dealkylation sites (tertiary alicyclic amines) is 1. The molecule has 126 valence electrons. The fourth-order valence-electron chi connectivity index (χ4n) is 3.02. The third kappa shape index (κ3) is 3.85. The molecular weight excluding hydrogens is 302 g/mol. The summed E-state index contributed by atoms with van der Waals surface area (Å²) in [6, 6.07) is 13.8. The summed E-state index contributed by atoms with van der Waals surface area (Å²) in [6.07, 6.45) is 3.53. The van der Waals surface area contributed by atoms with E-state index >= 15 is 0 Å². The lowest BCUT2D eigenvalue weighted by atomic mass is 10.1. The van der Waals surface area contributed by atoms with Gasteiger partial charge in [-0.15, -0.1) is 0 Å². The van der Waals surface area contributed by atoms with E-state index in [2.05, 4.69) is 10.3 Å². The number of nitrogens with zero attached hydrogens (tertiary/aromatic N) is 2. The average molecular weight is 325 g/mol. The highest BCUT2D eigenvalue weighted by Crippen LogP contribution is 2.32. The number of rotatable bonds is 5. The van der Waals surface area contributed by atoms with Gasteiger partial charge in [-0.25, -0.2) is 9.78 Å². The monoisotopic (exact) mass is 325 g/mol. The van der Waals surface area contributed by atoms with Gasteiger partial charge in [-0.1, -0.05) is 36.4 Å². The van der Waals surface area contributed by atoms with Crippen molar-refractivity contribution >= 4 is 11.9 Å². The van der Waals surface area contributed by atoms with E-state index < -0.39 is 0 Å². The molecule has 3 rings (SSSR count). The number of ether oxygens (including phenoxy) is 1. The van der Waals surface area contributed by atoms with Crippen LogP contribution in [0.2, 0.25) is 0 Å². The first-order valence-corrected chi connectivity index (χ1v) is 8.45. The number of hydrogen-bond donors (Lipinski definition) is 1. The van der Waals surface area contributed by atoms with Gasteiger partial charge >= 0.3 is 6.09 Å². The van der Waals surface area contributed by atoms with E-state index in [9.17, 15) is 4.79 Å². The molecule has 1 aromatic heterocycles. The van der Waals surface area contributed by atoms with Crippen LogP contribution in [0.15, 0.2) is 48.7 Å². The number of anilines is 1. The van der Waals surface area contributed by atoms with Gasteiger partial charge in [0.25, 0.3) is 0 Å². The molecule has 2 aromatic rings. The van der Waals surface area contributed by atoms with Gasteiger partial charge in [0.2, 0.25) is 0 Å². The molecule has 1 aliphatic heterocycles. The van der Waals surface area contributed by atoms with Gasteiger partial charge in [0.15, 0.2) is 0 Å². The Hall–Kier alpha value is -2.56. The molecule has 2 heterocycles. The standard InChI is InChI=1S/C19H23N3O2/c1-2-20-18-11-10-16(13-21-18)17-9-6-12-22(17)19(23)24-14-15-7-4-3-5-8-15/h3-5,7-8,10-11,13,17H,2,6,9,12,14H2,1H3,(H,20,21)/t17-/m1/s1. The number of nitrogens with one attached hydrogen (secondary N) is 1. The highest BCUT2D eigenvalue weighted by molar-refractivity contribution is 5.68. The molecule has 0 saturated carbocycles. The lowest BCUT2D eigenvalue weighted by Gasteiger charge is -2.24. The normalized spacial score (nSPS) is 16.9. The number of hydrogen-bond acceptors (Lipinski definition) is 4. The van der Waals surface area contributed by atoms with Gasteiger partial charge in [0.1, 0.15) is 12.4 Å². The highest BCUT2D eigenvalue weighted by atomic mass is 16.6. The van der Waals surface area contributed by atoms with E-state index in [0.29, 0.717) is 6.61 Å². The predicted octanol–water partition coefficient (Wildman–Crippen LogP) is 3.99. The SMILES string of the molecule is CCNc1ccc([C@H]2CCCN2C(=O)OCc2ccccc2)cn1. The topological polar surface area (TPSA) is 54.5 Å². The Morgan fingerprint density at radius 1 is 1.29 bits per heavy atom. The number of carbonyl (C=O) groups is 1. The van der Waals surface area contributed by atoms with Crippen molar-refractivity contribution < 1.29 is 9.53 Å². The molecule has 0 spiro atoms. The first kappa shape index (κ1) is 16.3. The maximum Gasteiger partial charge on any atom is 0.410 e. The van der Waals surface area contributed by atoms with Crippen LogP contribution in [0.4, 0.5) is 10.6 Å². The van der Waals surface area contributed by atoms with Gasteiger partial charge in [0, 0.05) is 19.3 Å². The minimum atomic E-state index is -0.253. The zero-order valence-electron chi connectivity index (χ0n) is 13.9. The van der Waals surface area contributed by atoms with Gasteiger partial charge in [-0.05, 0) is 37.0 Å². The van der Waals surface area contributed by atoms with Crippen molar-refractivity contribution in [3.05, 3.63) is 59.8 Å². The highest BCUT2D eigenvalue weighted by Gasteiger charge is 2.31. The van der Waals surface area contributed by atoms with E-state index in [1.165, 1.54) is 0 Å². The number of amides is 1. The van der Waals surface area contributed by atoms with Gasteiger partial charge < -0.3 is 15.0 Å². The molecule has 0 unspecified atom stereocenters. The van der Waals surface area contributed by atoms with E-state index in [4.69, 9.17) is 4.74 Å². The van der Waals surface area contributed by atoms with Crippen LogP contribution in [0.25, 0.3) is 0 Å². The molecule has 5 nitrogen and oxygen atoms in total. The average Bonchev–Trinajstić information content (AvgIpc) is 3.11. The second kappa shape index (κ2) is 7.81. The molecule has 1 aliphatic rings. The fourth-order valence-corrected chi connectivity index (χ4v) is 3.02. The second-order valence-electron chi connectivity index (χ2n) is 5.90. The summed E-state index contributed by atoms with van der Waals surface area (Å²) in [7, 11) is 0. The third-order valence-electron chi connectivity index (χ3n) is 4.22. The fraction of sp³-hybridized carbons (Fsp3) is 0.368. The molecule has 5 heteroatoms. The summed E-state index contributed by atoms with van der Waals surface area (Å²) in [5, 5.41) is 3.18. The number of carbonyl (C=O) groups excluding carboxylic acids is 1. The maximum atomic E-state index is 12.4. The summed E-state index contributed by atoms with van der Waals surface area (Å²) >= 11 is 0. The Labute approximate surface area is 142 Å². The molecule has 1 N–H and O–H groups in total. The van der Waals surface area contributed by atoms with Crippen molar-refractivity contribution in [2.24, 2.45) is 0 Å². The molecule has 1 fully saturated rings. The van der Waals surface area contributed by atoms with Crippen LogP contribution in [0, 0.1) is 0 Å². The zero-order valence-corrected chi connectivity index (χ0v) is 13.9. The van der Waals surface area contributed by atoms with Crippen molar-refractivity contribution in [1.29, 1.82) is 0 Å². The van der Waals surface area contributed by atoms with Crippen LogP contribution in [-0.4, -0.2) is 29.1 Å². The largest absolute Gasteiger partial charge is 0.445 e. The van der Waals surface area contributed by atoms with Crippen LogP contribution in [-0.2, 0) is 11.3 Å². The van der Waals surface area contributed by atoms with Crippen LogP contribution in [0.1, 0.15) is 36.9 Å². The van der Waals surface area contributed by atoms with Gasteiger partial charge in [0.05, 0.1) is 6.04 Å². The van der Waals surface area contributed by atoms with E-state index in [-0.39, 0.29) is 12.1 Å². The summed E-state index contributed by atoms with van der Waals surface area (Å²) in [6.45, 7) is 3.92. The summed E-state index contributed by atoms with van der Waals surface area (Å²) in [4.78, 5) is 18.7. The Morgan fingerprint density at radius 2 is 2.12 bits per heavy atom. The third-order valence-corrected chi connectivity index (χ3v) is 4.22. The number of pyridine rings is 1. The smallest absolute Gasteiger partial charge is 0.410 e. The lowest BCUT2D eigenvalue weighted by Crippen LogP contribution is -2.31. The number of aromatic nitrogens is 1. The van der Waals surface area contributed by atoms with Crippen molar-refractivity contribution in [3.63, 3.8) is 0 Å². The van der Waals surface area contributed by atoms with Gasteiger partial charge in [-0.2, -0.15) is 0 Å². The molecule has 0 aliphatic carbocycles. The minimum absolute atomic E-state index is 0.0523. The molecular formula is C19H23N3O2.